The van der Waals surface area contributed by atoms with Crippen molar-refractivity contribution in [2.45, 2.75) is 12.8 Å². The van der Waals surface area contributed by atoms with Crippen molar-refractivity contribution in [3.05, 3.63) is 0 Å². The molecule has 0 heterocycles. The van der Waals surface area contributed by atoms with E-state index < -0.39 is 0 Å². The maximum absolute atomic E-state index is 5.11. The van der Waals surface area contributed by atoms with Gasteiger partial charge in [0.25, 0.3) is 0 Å². The Morgan fingerprint density at radius 3 is 2.33 bits per heavy atom. The van der Waals surface area contributed by atoms with E-state index in [9.17, 15) is 0 Å². The minimum absolute atomic E-state index is 0.741. The van der Waals surface area contributed by atoms with Gasteiger partial charge in [0.2, 0.25) is 0 Å². The van der Waals surface area contributed by atoms with Crippen LogP contribution < -0.4 is 10.6 Å². The monoisotopic (exact) mass is 233 g/mol. The second-order valence-corrected chi connectivity index (χ2v) is 4.09. The molecule has 4 nitrogen and oxygen atoms in total. The summed E-state index contributed by atoms with van der Waals surface area (Å²) in [6, 6.07) is 0. The fraction of sp³-hybridized carbons (Fsp3) is 0.900. The summed E-state index contributed by atoms with van der Waals surface area (Å²) in [5.41, 5.74) is 0. The molecule has 0 aromatic heterocycles. The molecule has 0 aromatic carbocycles. The van der Waals surface area contributed by atoms with Crippen molar-refractivity contribution in [1.82, 2.24) is 15.5 Å². The average molecular weight is 233 g/mol. The smallest absolute Gasteiger partial charge is 0.166 e. The highest BCUT2D eigenvalue weighted by molar-refractivity contribution is 7.80. The summed E-state index contributed by atoms with van der Waals surface area (Å²) >= 11 is 5.11. The highest BCUT2D eigenvalue weighted by Gasteiger charge is 1.94. The summed E-state index contributed by atoms with van der Waals surface area (Å²) in [7, 11) is 5.85. The van der Waals surface area contributed by atoms with Crippen molar-refractivity contribution in [2.24, 2.45) is 0 Å². The molecule has 0 atom stereocenters. The van der Waals surface area contributed by atoms with Crippen LogP contribution in [0.3, 0.4) is 0 Å². The summed E-state index contributed by atoms with van der Waals surface area (Å²) in [4.78, 5) is 2.16. The SMILES string of the molecule is COCCCNC(=S)NCCCN(C)C. The van der Waals surface area contributed by atoms with E-state index in [4.69, 9.17) is 17.0 Å². The maximum atomic E-state index is 5.11. The average Bonchev–Trinajstić information content (AvgIpc) is 2.19. The van der Waals surface area contributed by atoms with Crippen LogP contribution in [0.2, 0.25) is 0 Å². The molecule has 0 aliphatic carbocycles. The Kier molecular flexibility index (Phi) is 9.88. The molecule has 0 amide bonds. The Labute approximate surface area is 98.4 Å². The summed E-state index contributed by atoms with van der Waals surface area (Å²) in [5.74, 6) is 0. The van der Waals surface area contributed by atoms with Gasteiger partial charge in [0.1, 0.15) is 0 Å². The molecule has 90 valence electrons. The Balaban J connectivity index is 3.19. The van der Waals surface area contributed by atoms with Crippen LogP contribution in [0.1, 0.15) is 12.8 Å². The van der Waals surface area contributed by atoms with E-state index in [1.807, 2.05) is 0 Å². The number of rotatable bonds is 8. The van der Waals surface area contributed by atoms with E-state index in [0.29, 0.717) is 0 Å². The second kappa shape index (κ2) is 10.1. The fourth-order valence-corrected chi connectivity index (χ4v) is 1.28. The molecular formula is C10H23N3OS. The predicted octanol–water partition coefficient (Wildman–Crippen LogP) is 0.439. The van der Waals surface area contributed by atoms with Crippen LogP contribution in [-0.4, -0.2) is 57.5 Å². The first-order chi connectivity index (χ1) is 7.16. The third-order valence-corrected chi connectivity index (χ3v) is 2.17. The standard InChI is InChI=1S/C10H23N3OS/c1-13(2)8-4-6-11-10(15)12-7-5-9-14-3/h4-9H2,1-3H3,(H2,11,12,15). The zero-order valence-electron chi connectivity index (χ0n) is 10.0. The largest absolute Gasteiger partial charge is 0.385 e. The zero-order valence-corrected chi connectivity index (χ0v) is 10.8. The minimum atomic E-state index is 0.741. The first kappa shape index (κ1) is 14.6. The van der Waals surface area contributed by atoms with Crippen molar-refractivity contribution in [2.75, 3.05) is 47.4 Å². The van der Waals surface area contributed by atoms with Crippen LogP contribution >= 0.6 is 12.2 Å². The second-order valence-electron chi connectivity index (χ2n) is 3.69. The van der Waals surface area contributed by atoms with Gasteiger partial charge >= 0.3 is 0 Å². The number of methoxy groups -OCH3 is 1. The molecular weight excluding hydrogens is 210 g/mol. The molecule has 0 aromatic rings. The maximum Gasteiger partial charge on any atom is 0.166 e. The van der Waals surface area contributed by atoms with E-state index in [1.165, 1.54) is 0 Å². The Bertz CT molecular complexity index is 165. The summed E-state index contributed by atoms with van der Waals surface area (Å²) in [5, 5.41) is 7.04. The van der Waals surface area contributed by atoms with Crippen LogP contribution in [-0.2, 0) is 4.74 Å². The summed E-state index contributed by atoms with van der Waals surface area (Å²) < 4.78 is 4.94. The predicted molar refractivity (Wildman–Crippen MR) is 68.3 cm³/mol. The third kappa shape index (κ3) is 11.5. The van der Waals surface area contributed by atoms with Gasteiger partial charge in [-0.2, -0.15) is 0 Å². The Morgan fingerprint density at radius 2 is 1.80 bits per heavy atom. The zero-order chi connectivity index (χ0) is 11.5. The molecule has 0 saturated heterocycles. The number of hydrogen-bond acceptors (Lipinski definition) is 3. The van der Waals surface area contributed by atoms with Gasteiger partial charge in [-0.1, -0.05) is 0 Å². The van der Waals surface area contributed by atoms with Gasteiger partial charge in [-0.3, -0.25) is 0 Å². The van der Waals surface area contributed by atoms with Crippen LogP contribution in [0.25, 0.3) is 0 Å². The van der Waals surface area contributed by atoms with Crippen LogP contribution in [0, 0.1) is 0 Å². The Morgan fingerprint density at radius 1 is 1.20 bits per heavy atom. The van der Waals surface area contributed by atoms with Crippen molar-refractivity contribution in [1.29, 1.82) is 0 Å². The van der Waals surface area contributed by atoms with Crippen LogP contribution in [0.4, 0.5) is 0 Å². The highest BCUT2D eigenvalue weighted by Crippen LogP contribution is 1.81. The van der Waals surface area contributed by atoms with Gasteiger partial charge < -0.3 is 20.3 Å². The van der Waals surface area contributed by atoms with Crippen LogP contribution in [0.15, 0.2) is 0 Å². The molecule has 5 heteroatoms. The lowest BCUT2D eigenvalue weighted by Crippen LogP contribution is -2.37. The van der Waals surface area contributed by atoms with Gasteiger partial charge in [-0.15, -0.1) is 0 Å². The normalized spacial score (nSPS) is 10.4. The van der Waals surface area contributed by atoms with Gasteiger partial charge in [0, 0.05) is 26.8 Å². The number of ether oxygens (including phenoxy) is 1. The molecule has 0 rings (SSSR count). The fourth-order valence-electron chi connectivity index (χ4n) is 1.08. The number of nitrogens with one attached hydrogen (secondary N) is 2. The number of thiocarbonyl (C=S) groups is 1. The summed E-state index contributed by atoms with van der Waals surface area (Å²) in [6.45, 7) is 3.65. The molecule has 0 fully saturated rings. The lowest BCUT2D eigenvalue weighted by atomic mass is 10.4. The van der Waals surface area contributed by atoms with Gasteiger partial charge in [0.05, 0.1) is 0 Å². The quantitative estimate of drug-likeness (QED) is 0.470. The molecule has 0 spiro atoms. The van der Waals surface area contributed by atoms with E-state index in [2.05, 4.69) is 29.6 Å². The minimum Gasteiger partial charge on any atom is -0.385 e. The summed E-state index contributed by atoms with van der Waals surface area (Å²) in [6.07, 6.45) is 2.09. The molecule has 0 aliphatic heterocycles. The van der Waals surface area contributed by atoms with E-state index in [0.717, 1.165) is 44.2 Å². The molecule has 0 unspecified atom stereocenters. The molecule has 0 aliphatic rings. The lowest BCUT2D eigenvalue weighted by Gasteiger charge is -2.12. The third-order valence-electron chi connectivity index (χ3n) is 1.88. The van der Waals surface area contributed by atoms with E-state index >= 15 is 0 Å². The van der Waals surface area contributed by atoms with E-state index in [1.54, 1.807) is 7.11 Å². The first-order valence-electron chi connectivity index (χ1n) is 5.32. The molecule has 0 radical (unpaired) electrons. The van der Waals surface area contributed by atoms with Crippen molar-refractivity contribution in [3.8, 4) is 0 Å². The van der Waals surface area contributed by atoms with Crippen molar-refractivity contribution in [3.63, 3.8) is 0 Å². The van der Waals surface area contributed by atoms with E-state index in [-0.39, 0.29) is 0 Å². The Hall–Kier alpha value is -0.390. The van der Waals surface area contributed by atoms with Gasteiger partial charge in [-0.25, -0.2) is 0 Å². The number of nitrogens with zero attached hydrogens (tertiary/aromatic N) is 1. The van der Waals surface area contributed by atoms with Crippen molar-refractivity contribution >= 4 is 17.3 Å². The lowest BCUT2D eigenvalue weighted by molar-refractivity contribution is 0.195. The molecule has 15 heavy (non-hydrogen) atoms. The molecule has 0 saturated carbocycles. The molecule has 2 N–H and O–H groups in total. The highest BCUT2D eigenvalue weighted by atomic mass is 32.1. The number of hydrogen-bond donors (Lipinski definition) is 2. The first-order valence-corrected chi connectivity index (χ1v) is 5.73. The van der Waals surface area contributed by atoms with Gasteiger partial charge in [-0.05, 0) is 45.7 Å². The topological polar surface area (TPSA) is 36.5 Å². The molecule has 0 bridgehead atoms. The van der Waals surface area contributed by atoms with Gasteiger partial charge in [0.15, 0.2) is 5.11 Å². The van der Waals surface area contributed by atoms with Crippen molar-refractivity contribution < 1.29 is 4.74 Å². The van der Waals surface area contributed by atoms with Crippen LogP contribution in [0.5, 0.6) is 0 Å².